The number of piperidine rings is 1. The summed E-state index contributed by atoms with van der Waals surface area (Å²) in [7, 11) is 0. The summed E-state index contributed by atoms with van der Waals surface area (Å²) in [4.78, 5) is 3.85. The second-order valence-electron chi connectivity index (χ2n) is 3.36. The van der Waals surface area contributed by atoms with Gasteiger partial charge in [0.2, 0.25) is 0 Å². The molecule has 1 N–H and O–H groups in total. The van der Waals surface area contributed by atoms with Gasteiger partial charge in [-0.05, 0) is 38.1 Å². The molecule has 6 heteroatoms. The molecule has 1 aliphatic rings. The van der Waals surface area contributed by atoms with E-state index in [1.165, 1.54) is 6.07 Å². The quantitative estimate of drug-likeness (QED) is 0.893. The van der Waals surface area contributed by atoms with Crippen LogP contribution >= 0.6 is 24.8 Å². The van der Waals surface area contributed by atoms with E-state index in [0.717, 1.165) is 25.9 Å². The summed E-state index contributed by atoms with van der Waals surface area (Å²) in [6, 6.07) is 2.92. The highest BCUT2D eigenvalue weighted by molar-refractivity contribution is 5.85. The molecular weight excluding hydrogens is 254 g/mol. The minimum Gasteiger partial charge on any atom is -0.472 e. The summed E-state index contributed by atoms with van der Waals surface area (Å²) in [6.45, 7) is 1.86. The maximum Gasteiger partial charge on any atom is 0.250 e. The molecule has 92 valence electrons. The van der Waals surface area contributed by atoms with E-state index in [-0.39, 0.29) is 42.6 Å². The summed E-state index contributed by atoms with van der Waals surface area (Å²) in [5.74, 6) is -0.259. The summed E-state index contributed by atoms with van der Waals surface area (Å²) in [6.07, 6.45) is 3.46. The molecule has 2 rings (SSSR count). The number of hydrogen-bond donors (Lipinski definition) is 1. The molecule has 0 saturated carbocycles. The van der Waals surface area contributed by atoms with Gasteiger partial charge in [-0.2, -0.15) is 0 Å². The van der Waals surface area contributed by atoms with Crippen molar-refractivity contribution in [2.24, 2.45) is 0 Å². The van der Waals surface area contributed by atoms with Crippen molar-refractivity contribution < 1.29 is 9.13 Å². The second kappa shape index (κ2) is 7.65. The normalized spacial score (nSPS) is 15.8. The Morgan fingerprint density at radius 3 is 2.62 bits per heavy atom. The molecule has 0 aromatic carbocycles. The molecule has 2 heterocycles. The van der Waals surface area contributed by atoms with E-state index in [1.807, 2.05) is 0 Å². The highest BCUT2D eigenvalue weighted by atomic mass is 35.5. The number of halogens is 3. The van der Waals surface area contributed by atoms with Crippen LogP contribution in [0.25, 0.3) is 0 Å². The lowest BCUT2D eigenvalue weighted by molar-refractivity contribution is 0.149. The maximum absolute atomic E-state index is 13.1. The maximum atomic E-state index is 13.1. The third kappa shape index (κ3) is 4.12. The van der Waals surface area contributed by atoms with Crippen LogP contribution in [0.5, 0.6) is 5.88 Å². The molecule has 0 atom stereocenters. The van der Waals surface area contributed by atoms with Crippen molar-refractivity contribution in [1.82, 2.24) is 10.3 Å². The average molecular weight is 269 g/mol. The van der Waals surface area contributed by atoms with Gasteiger partial charge in [-0.15, -0.1) is 24.8 Å². The van der Waals surface area contributed by atoms with Gasteiger partial charge < -0.3 is 10.1 Å². The van der Waals surface area contributed by atoms with Crippen LogP contribution < -0.4 is 10.1 Å². The van der Waals surface area contributed by atoms with E-state index in [0.29, 0.717) is 0 Å². The van der Waals surface area contributed by atoms with Crippen molar-refractivity contribution in [2.45, 2.75) is 18.9 Å². The zero-order valence-electron chi connectivity index (χ0n) is 8.69. The highest BCUT2D eigenvalue weighted by Crippen LogP contribution is 2.16. The Balaban J connectivity index is 0.00000112. The van der Waals surface area contributed by atoms with Crippen molar-refractivity contribution in [3.63, 3.8) is 0 Å². The predicted molar refractivity (Wildman–Crippen MR) is 65.2 cm³/mol. The first-order valence-corrected chi connectivity index (χ1v) is 4.84. The summed E-state index contributed by atoms with van der Waals surface area (Å²) < 4.78 is 18.6. The Hall–Kier alpha value is -0.580. The first-order chi connectivity index (χ1) is 6.86. The van der Waals surface area contributed by atoms with Gasteiger partial charge in [-0.25, -0.2) is 9.37 Å². The highest BCUT2D eigenvalue weighted by Gasteiger charge is 2.16. The largest absolute Gasteiger partial charge is 0.472 e. The minimum absolute atomic E-state index is 0. The Labute approximate surface area is 107 Å². The van der Waals surface area contributed by atoms with E-state index >= 15 is 0 Å². The fourth-order valence-electron chi connectivity index (χ4n) is 1.53. The lowest BCUT2D eigenvalue weighted by atomic mass is 10.1. The predicted octanol–water partition coefficient (Wildman–Crippen LogP) is 2.20. The van der Waals surface area contributed by atoms with Gasteiger partial charge in [0, 0.05) is 6.20 Å². The van der Waals surface area contributed by atoms with E-state index in [9.17, 15) is 4.39 Å². The molecule has 1 aliphatic heterocycles. The third-order valence-electron chi connectivity index (χ3n) is 2.29. The number of aromatic nitrogens is 1. The van der Waals surface area contributed by atoms with Gasteiger partial charge in [-0.1, -0.05) is 0 Å². The standard InChI is InChI=1S/C10H13FN2O.2ClH/c11-9-2-1-5-13-10(9)14-8-3-6-12-7-4-8;;/h1-2,5,8,12H,3-4,6-7H2;2*1H. The van der Waals surface area contributed by atoms with Crippen molar-refractivity contribution in [3.05, 3.63) is 24.1 Å². The summed E-state index contributed by atoms with van der Waals surface area (Å²) in [5, 5.41) is 3.22. The fourth-order valence-corrected chi connectivity index (χ4v) is 1.53. The van der Waals surface area contributed by atoms with Crippen molar-refractivity contribution in [1.29, 1.82) is 0 Å². The number of rotatable bonds is 2. The molecule has 0 radical (unpaired) electrons. The summed E-state index contributed by atoms with van der Waals surface area (Å²) >= 11 is 0. The smallest absolute Gasteiger partial charge is 0.250 e. The number of hydrogen-bond acceptors (Lipinski definition) is 3. The van der Waals surface area contributed by atoms with Crippen molar-refractivity contribution in [2.75, 3.05) is 13.1 Å². The van der Waals surface area contributed by atoms with Gasteiger partial charge >= 0.3 is 0 Å². The average Bonchev–Trinajstić information content (AvgIpc) is 2.23. The molecule has 3 nitrogen and oxygen atoms in total. The molecule has 1 fully saturated rings. The molecule has 0 spiro atoms. The van der Waals surface area contributed by atoms with E-state index in [4.69, 9.17) is 4.74 Å². The van der Waals surface area contributed by atoms with Crippen LogP contribution in [0.15, 0.2) is 18.3 Å². The van der Waals surface area contributed by atoms with Crippen molar-refractivity contribution >= 4 is 24.8 Å². The van der Waals surface area contributed by atoms with E-state index < -0.39 is 0 Å². The number of nitrogens with one attached hydrogen (secondary N) is 1. The van der Waals surface area contributed by atoms with Crippen LogP contribution in [0.4, 0.5) is 4.39 Å². The summed E-state index contributed by atoms with van der Waals surface area (Å²) in [5.41, 5.74) is 0. The molecule has 16 heavy (non-hydrogen) atoms. The van der Waals surface area contributed by atoms with Crippen molar-refractivity contribution in [3.8, 4) is 5.88 Å². The number of nitrogens with zero attached hydrogens (tertiary/aromatic N) is 1. The third-order valence-corrected chi connectivity index (χ3v) is 2.29. The topological polar surface area (TPSA) is 34.1 Å². The first kappa shape index (κ1) is 15.4. The Morgan fingerprint density at radius 1 is 1.31 bits per heavy atom. The molecule has 1 aromatic heterocycles. The molecule has 1 saturated heterocycles. The molecule has 0 aliphatic carbocycles. The fraction of sp³-hybridized carbons (Fsp3) is 0.500. The van der Waals surface area contributed by atoms with Crippen LogP contribution in [-0.2, 0) is 0 Å². The molecule has 0 bridgehead atoms. The lowest BCUT2D eigenvalue weighted by Crippen LogP contribution is -2.34. The van der Waals surface area contributed by atoms with Crippen LogP contribution in [-0.4, -0.2) is 24.2 Å². The van der Waals surface area contributed by atoms with E-state index in [2.05, 4.69) is 10.3 Å². The number of ether oxygens (including phenoxy) is 1. The molecule has 0 amide bonds. The van der Waals surface area contributed by atoms with Crippen LogP contribution in [0, 0.1) is 5.82 Å². The second-order valence-corrected chi connectivity index (χ2v) is 3.36. The zero-order valence-corrected chi connectivity index (χ0v) is 10.3. The lowest BCUT2D eigenvalue weighted by Gasteiger charge is -2.23. The van der Waals surface area contributed by atoms with E-state index in [1.54, 1.807) is 12.3 Å². The van der Waals surface area contributed by atoms with Crippen LogP contribution in [0.1, 0.15) is 12.8 Å². The van der Waals surface area contributed by atoms with Gasteiger partial charge in [0.05, 0.1) is 0 Å². The minimum atomic E-state index is -0.383. The first-order valence-electron chi connectivity index (χ1n) is 4.84. The van der Waals surface area contributed by atoms with Crippen LogP contribution in [0.2, 0.25) is 0 Å². The Morgan fingerprint density at radius 2 is 2.00 bits per heavy atom. The van der Waals surface area contributed by atoms with Gasteiger partial charge in [0.15, 0.2) is 5.82 Å². The molecule has 0 unspecified atom stereocenters. The zero-order chi connectivity index (χ0) is 9.80. The van der Waals surface area contributed by atoms with Crippen LogP contribution in [0.3, 0.4) is 0 Å². The number of pyridine rings is 1. The molecular formula is C10H15Cl2FN2O. The Kier molecular flexibility index (Phi) is 7.38. The molecule has 1 aromatic rings. The SMILES string of the molecule is Cl.Cl.Fc1cccnc1OC1CCNCC1. The van der Waals surface area contributed by atoms with Gasteiger partial charge in [-0.3, -0.25) is 0 Å². The van der Waals surface area contributed by atoms with Gasteiger partial charge in [0.1, 0.15) is 6.10 Å². The Bertz CT molecular complexity index is 309. The van der Waals surface area contributed by atoms with Gasteiger partial charge in [0.25, 0.3) is 5.88 Å². The monoisotopic (exact) mass is 268 g/mol.